The number of halogens is 1. The van der Waals surface area contributed by atoms with Crippen LogP contribution in [0.25, 0.3) is 11.6 Å². The SMILES string of the molecule is N#CC(=Cc1ccc(Sc2ccccc2)cc1)c1ccccc1F. The molecule has 3 aromatic rings. The maximum absolute atomic E-state index is 13.8. The topological polar surface area (TPSA) is 23.8 Å². The van der Waals surface area contributed by atoms with Gasteiger partial charge in [0, 0.05) is 15.4 Å². The van der Waals surface area contributed by atoms with E-state index in [-0.39, 0.29) is 5.82 Å². The Morgan fingerprint density at radius 3 is 2.12 bits per heavy atom. The number of benzene rings is 3. The summed E-state index contributed by atoms with van der Waals surface area (Å²) in [6.07, 6.45) is 1.70. The highest BCUT2D eigenvalue weighted by molar-refractivity contribution is 7.99. The van der Waals surface area contributed by atoms with Gasteiger partial charge in [-0.3, -0.25) is 0 Å². The van der Waals surface area contributed by atoms with E-state index < -0.39 is 0 Å². The van der Waals surface area contributed by atoms with E-state index in [1.807, 2.05) is 42.5 Å². The van der Waals surface area contributed by atoms with Crippen LogP contribution in [-0.4, -0.2) is 0 Å². The zero-order valence-electron chi connectivity index (χ0n) is 12.8. The molecule has 116 valence electrons. The second kappa shape index (κ2) is 7.63. The van der Waals surface area contributed by atoms with Gasteiger partial charge in [-0.2, -0.15) is 5.26 Å². The van der Waals surface area contributed by atoms with E-state index in [9.17, 15) is 9.65 Å². The quantitative estimate of drug-likeness (QED) is 0.430. The van der Waals surface area contributed by atoms with Crippen LogP contribution in [0.1, 0.15) is 11.1 Å². The van der Waals surface area contributed by atoms with Gasteiger partial charge in [-0.15, -0.1) is 0 Å². The first-order chi connectivity index (χ1) is 11.8. The standard InChI is InChI=1S/C21H14FNS/c22-21-9-5-4-8-20(21)17(15-23)14-16-10-12-19(13-11-16)24-18-6-2-1-3-7-18/h1-14H. The lowest BCUT2D eigenvalue weighted by Gasteiger charge is -2.04. The summed E-state index contributed by atoms with van der Waals surface area (Å²) >= 11 is 1.67. The molecule has 0 amide bonds. The molecule has 0 aliphatic heterocycles. The second-order valence-corrected chi connectivity index (χ2v) is 6.28. The van der Waals surface area contributed by atoms with Gasteiger partial charge >= 0.3 is 0 Å². The molecule has 0 spiro atoms. The number of hydrogen-bond acceptors (Lipinski definition) is 2. The third-order valence-corrected chi connectivity index (χ3v) is 4.47. The minimum absolute atomic E-state index is 0.316. The Kier molecular flexibility index (Phi) is 5.10. The van der Waals surface area contributed by atoms with E-state index in [0.717, 1.165) is 10.5 Å². The fraction of sp³-hybridized carbons (Fsp3) is 0. The highest BCUT2D eigenvalue weighted by Crippen LogP contribution is 2.28. The molecule has 3 rings (SSSR count). The van der Waals surface area contributed by atoms with Crippen LogP contribution in [0, 0.1) is 17.1 Å². The van der Waals surface area contributed by atoms with E-state index in [1.54, 1.807) is 36.0 Å². The molecule has 0 aliphatic carbocycles. The lowest BCUT2D eigenvalue weighted by molar-refractivity contribution is 0.624. The lowest BCUT2D eigenvalue weighted by Crippen LogP contribution is -1.87. The first-order valence-electron chi connectivity index (χ1n) is 7.46. The van der Waals surface area contributed by atoms with Crippen molar-refractivity contribution in [2.75, 3.05) is 0 Å². The summed E-state index contributed by atoms with van der Waals surface area (Å²) in [5.74, 6) is -0.387. The van der Waals surface area contributed by atoms with Crippen molar-refractivity contribution < 1.29 is 4.39 Å². The van der Waals surface area contributed by atoms with Gasteiger partial charge in [0.25, 0.3) is 0 Å². The molecule has 3 aromatic carbocycles. The van der Waals surface area contributed by atoms with Crippen LogP contribution in [-0.2, 0) is 0 Å². The molecule has 0 bridgehead atoms. The van der Waals surface area contributed by atoms with Crippen LogP contribution in [0.2, 0.25) is 0 Å². The predicted molar refractivity (Wildman–Crippen MR) is 96.9 cm³/mol. The Morgan fingerprint density at radius 2 is 1.46 bits per heavy atom. The average molecular weight is 331 g/mol. The average Bonchev–Trinajstić information content (AvgIpc) is 2.63. The molecule has 3 heteroatoms. The molecule has 1 nitrogen and oxygen atoms in total. The van der Waals surface area contributed by atoms with Crippen LogP contribution in [0.3, 0.4) is 0 Å². The first kappa shape index (κ1) is 16.0. The van der Waals surface area contributed by atoms with E-state index in [0.29, 0.717) is 11.1 Å². The van der Waals surface area contributed by atoms with Crippen molar-refractivity contribution in [2.45, 2.75) is 9.79 Å². The molecular weight excluding hydrogens is 317 g/mol. The normalized spacial score (nSPS) is 11.1. The summed E-state index contributed by atoms with van der Waals surface area (Å²) in [5, 5.41) is 9.33. The van der Waals surface area contributed by atoms with Crippen LogP contribution in [0.15, 0.2) is 88.7 Å². The zero-order chi connectivity index (χ0) is 16.8. The molecular formula is C21H14FNS. The summed E-state index contributed by atoms with van der Waals surface area (Å²) in [7, 11) is 0. The Hall–Kier alpha value is -2.83. The van der Waals surface area contributed by atoms with Crippen molar-refractivity contribution in [1.82, 2.24) is 0 Å². The maximum atomic E-state index is 13.8. The molecule has 0 saturated heterocycles. The van der Waals surface area contributed by atoms with Gasteiger partial charge in [0.05, 0.1) is 11.6 Å². The zero-order valence-corrected chi connectivity index (χ0v) is 13.6. The summed E-state index contributed by atoms with van der Waals surface area (Å²) in [6.45, 7) is 0. The van der Waals surface area contributed by atoms with Crippen molar-refractivity contribution >= 4 is 23.4 Å². The Labute approximate surface area is 145 Å². The summed E-state index contributed by atoms with van der Waals surface area (Å²) in [4.78, 5) is 2.28. The van der Waals surface area contributed by atoms with Crippen molar-refractivity contribution in [3.05, 3.63) is 95.8 Å². The molecule has 0 saturated carbocycles. The summed E-state index contributed by atoms with van der Waals surface area (Å²) in [5.41, 5.74) is 1.51. The van der Waals surface area contributed by atoms with Gasteiger partial charge < -0.3 is 0 Å². The molecule has 0 atom stereocenters. The molecule has 0 radical (unpaired) electrons. The minimum atomic E-state index is -0.387. The molecule has 24 heavy (non-hydrogen) atoms. The fourth-order valence-corrected chi connectivity index (χ4v) is 3.11. The highest BCUT2D eigenvalue weighted by Gasteiger charge is 2.06. The van der Waals surface area contributed by atoms with E-state index in [4.69, 9.17) is 0 Å². The van der Waals surface area contributed by atoms with Gasteiger partial charge in [0.2, 0.25) is 0 Å². The van der Waals surface area contributed by atoms with Crippen molar-refractivity contribution in [3.8, 4) is 6.07 Å². The van der Waals surface area contributed by atoms with E-state index in [2.05, 4.69) is 18.2 Å². The van der Waals surface area contributed by atoms with Crippen LogP contribution in [0.4, 0.5) is 4.39 Å². The van der Waals surface area contributed by atoms with Crippen molar-refractivity contribution in [2.24, 2.45) is 0 Å². The Balaban J connectivity index is 1.83. The lowest BCUT2D eigenvalue weighted by atomic mass is 10.0. The van der Waals surface area contributed by atoms with Crippen molar-refractivity contribution in [3.63, 3.8) is 0 Å². The van der Waals surface area contributed by atoms with E-state index in [1.165, 1.54) is 11.0 Å². The smallest absolute Gasteiger partial charge is 0.131 e. The molecule has 0 aliphatic rings. The Bertz CT molecular complexity index is 893. The highest BCUT2D eigenvalue weighted by atomic mass is 32.2. The summed E-state index contributed by atoms with van der Waals surface area (Å²) < 4.78 is 13.8. The van der Waals surface area contributed by atoms with Crippen LogP contribution < -0.4 is 0 Å². The fourth-order valence-electron chi connectivity index (χ4n) is 2.27. The number of nitriles is 1. The predicted octanol–water partition coefficient (Wildman–Crippen LogP) is 6.04. The van der Waals surface area contributed by atoms with Gasteiger partial charge in [0.1, 0.15) is 5.82 Å². The van der Waals surface area contributed by atoms with Crippen molar-refractivity contribution in [1.29, 1.82) is 5.26 Å². The van der Waals surface area contributed by atoms with Gasteiger partial charge in [-0.1, -0.05) is 60.3 Å². The number of allylic oxidation sites excluding steroid dienone is 1. The first-order valence-corrected chi connectivity index (χ1v) is 8.27. The molecule has 0 heterocycles. The number of nitrogens with zero attached hydrogens (tertiary/aromatic N) is 1. The molecule has 0 fully saturated rings. The summed E-state index contributed by atoms with van der Waals surface area (Å²) in [6, 6.07) is 26.4. The van der Waals surface area contributed by atoms with E-state index >= 15 is 0 Å². The minimum Gasteiger partial charge on any atom is -0.206 e. The maximum Gasteiger partial charge on any atom is 0.131 e. The number of hydrogen-bond donors (Lipinski definition) is 0. The molecule has 0 aromatic heterocycles. The third kappa shape index (κ3) is 3.92. The van der Waals surface area contributed by atoms with Crippen LogP contribution in [0.5, 0.6) is 0 Å². The third-order valence-electron chi connectivity index (χ3n) is 3.45. The largest absolute Gasteiger partial charge is 0.206 e. The second-order valence-electron chi connectivity index (χ2n) is 5.13. The van der Waals surface area contributed by atoms with Gasteiger partial charge in [0.15, 0.2) is 0 Å². The monoisotopic (exact) mass is 331 g/mol. The molecule has 0 unspecified atom stereocenters. The number of rotatable bonds is 4. The van der Waals surface area contributed by atoms with Gasteiger partial charge in [-0.25, -0.2) is 4.39 Å². The van der Waals surface area contributed by atoms with Crippen LogP contribution >= 0.6 is 11.8 Å². The molecule has 0 N–H and O–H groups in total. The van der Waals surface area contributed by atoms with Gasteiger partial charge in [-0.05, 0) is 42.0 Å². The Morgan fingerprint density at radius 1 is 0.833 bits per heavy atom.